The minimum Gasteiger partial charge on any atom is -0.489 e. The van der Waals surface area contributed by atoms with Gasteiger partial charge in [0.15, 0.2) is 0 Å². The Morgan fingerprint density at radius 2 is 2.06 bits per heavy atom. The zero-order chi connectivity index (χ0) is 13.1. The van der Waals surface area contributed by atoms with E-state index in [9.17, 15) is 4.79 Å². The number of pyridine rings is 1. The van der Waals surface area contributed by atoms with Crippen LogP contribution in [-0.4, -0.2) is 21.1 Å². The van der Waals surface area contributed by atoms with Gasteiger partial charge in [0.1, 0.15) is 5.75 Å². The maximum atomic E-state index is 11.3. The number of ether oxygens (including phenoxy) is 1. The Bertz CT molecular complexity index is 605. The Labute approximate surface area is 105 Å². The number of hydrogen-bond donors (Lipinski definition) is 1. The van der Waals surface area contributed by atoms with Crippen LogP contribution in [0.2, 0.25) is 0 Å². The first kappa shape index (κ1) is 12.3. The Balaban J connectivity index is 2.41. The lowest BCUT2D eigenvalue weighted by Gasteiger charge is -2.10. The van der Waals surface area contributed by atoms with Crippen LogP contribution >= 0.6 is 0 Å². The van der Waals surface area contributed by atoms with Gasteiger partial charge in [0.05, 0.1) is 18.0 Å². The SMILES string of the molecule is Cc1cc(-c2cncc(OC(C)C)c2)nc(=O)[nH]1. The summed E-state index contributed by atoms with van der Waals surface area (Å²) in [7, 11) is 0. The molecule has 0 aliphatic rings. The summed E-state index contributed by atoms with van der Waals surface area (Å²) in [6.45, 7) is 5.71. The van der Waals surface area contributed by atoms with Crippen LogP contribution in [0.4, 0.5) is 0 Å². The fourth-order valence-electron chi connectivity index (χ4n) is 1.62. The second-order valence-corrected chi connectivity index (χ2v) is 4.33. The van der Waals surface area contributed by atoms with Crippen molar-refractivity contribution in [2.75, 3.05) is 0 Å². The van der Waals surface area contributed by atoms with E-state index in [1.807, 2.05) is 26.8 Å². The molecular weight excluding hydrogens is 230 g/mol. The van der Waals surface area contributed by atoms with E-state index in [-0.39, 0.29) is 11.8 Å². The molecule has 0 saturated heterocycles. The molecule has 2 aromatic heterocycles. The predicted octanol–water partition coefficient (Wildman–Crippen LogP) is 1.93. The first-order valence-electron chi connectivity index (χ1n) is 5.74. The highest BCUT2D eigenvalue weighted by atomic mass is 16.5. The lowest BCUT2D eigenvalue weighted by molar-refractivity contribution is 0.241. The fourth-order valence-corrected chi connectivity index (χ4v) is 1.62. The van der Waals surface area contributed by atoms with Crippen LogP contribution in [0.15, 0.2) is 29.3 Å². The van der Waals surface area contributed by atoms with Crippen molar-refractivity contribution in [2.24, 2.45) is 0 Å². The third-order valence-corrected chi connectivity index (χ3v) is 2.26. The monoisotopic (exact) mass is 245 g/mol. The van der Waals surface area contributed by atoms with Gasteiger partial charge in [-0.2, -0.15) is 4.98 Å². The second kappa shape index (κ2) is 5.00. The lowest BCUT2D eigenvalue weighted by atomic mass is 10.2. The maximum absolute atomic E-state index is 11.3. The van der Waals surface area contributed by atoms with Gasteiger partial charge >= 0.3 is 5.69 Å². The zero-order valence-corrected chi connectivity index (χ0v) is 10.6. The molecule has 0 radical (unpaired) electrons. The van der Waals surface area contributed by atoms with Crippen molar-refractivity contribution in [3.63, 3.8) is 0 Å². The average molecular weight is 245 g/mol. The molecule has 1 N–H and O–H groups in total. The molecule has 2 aromatic rings. The summed E-state index contributed by atoms with van der Waals surface area (Å²) >= 11 is 0. The van der Waals surface area contributed by atoms with Gasteiger partial charge in [0.2, 0.25) is 0 Å². The summed E-state index contributed by atoms with van der Waals surface area (Å²) < 4.78 is 5.56. The molecule has 0 aliphatic heterocycles. The van der Waals surface area contributed by atoms with E-state index in [2.05, 4.69) is 15.0 Å². The highest BCUT2D eigenvalue weighted by Crippen LogP contribution is 2.20. The van der Waals surface area contributed by atoms with Crippen LogP contribution in [0, 0.1) is 6.92 Å². The average Bonchev–Trinajstić information content (AvgIpc) is 2.27. The highest BCUT2D eigenvalue weighted by molar-refractivity contribution is 5.59. The molecule has 18 heavy (non-hydrogen) atoms. The Morgan fingerprint density at radius 3 is 2.72 bits per heavy atom. The number of nitrogens with one attached hydrogen (secondary N) is 1. The van der Waals surface area contributed by atoms with Crippen LogP contribution in [0.5, 0.6) is 5.75 Å². The summed E-state index contributed by atoms with van der Waals surface area (Å²) in [5.41, 5.74) is 1.76. The highest BCUT2D eigenvalue weighted by Gasteiger charge is 2.05. The smallest absolute Gasteiger partial charge is 0.345 e. The van der Waals surface area contributed by atoms with E-state index in [0.717, 1.165) is 11.3 Å². The van der Waals surface area contributed by atoms with Crippen LogP contribution in [0.3, 0.4) is 0 Å². The number of hydrogen-bond acceptors (Lipinski definition) is 4. The standard InChI is InChI=1S/C13H15N3O2/c1-8(2)18-11-5-10(6-14-7-11)12-4-9(3)15-13(17)16-12/h4-8H,1-3H3,(H,15,16,17). The van der Waals surface area contributed by atoms with Gasteiger partial charge in [0, 0.05) is 17.5 Å². The summed E-state index contributed by atoms with van der Waals surface area (Å²) in [6, 6.07) is 3.63. The van der Waals surface area contributed by atoms with Crippen molar-refractivity contribution < 1.29 is 4.74 Å². The van der Waals surface area contributed by atoms with Gasteiger partial charge < -0.3 is 9.72 Å². The number of rotatable bonds is 3. The summed E-state index contributed by atoms with van der Waals surface area (Å²) in [5.74, 6) is 0.669. The van der Waals surface area contributed by atoms with Gasteiger partial charge in [-0.15, -0.1) is 0 Å². The number of nitrogens with zero attached hydrogens (tertiary/aromatic N) is 2. The van der Waals surface area contributed by atoms with Gasteiger partial charge in [0.25, 0.3) is 0 Å². The molecule has 0 aromatic carbocycles. The molecule has 0 saturated carbocycles. The van der Waals surface area contributed by atoms with Gasteiger partial charge in [-0.25, -0.2) is 4.79 Å². The van der Waals surface area contributed by atoms with Gasteiger partial charge in [-0.1, -0.05) is 0 Å². The van der Waals surface area contributed by atoms with E-state index in [4.69, 9.17) is 4.74 Å². The van der Waals surface area contributed by atoms with E-state index in [1.54, 1.807) is 18.5 Å². The third-order valence-electron chi connectivity index (χ3n) is 2.26. The summed E-state index contributed by atoms with van der Waals surface area (Å²) in [6.07, 6.45) is 3.38. The Kier molecular flexibility index (Phi) is 3.41. The molecular formula is C13H15N3O2. The number of aromatic amines is 1. The Morgan fingerprint density at radius 1 is 1.28 bits per heavy atom. The van der Waals surface area contributed by atoms with Crippen LogP contribution in [-0.2, 0) is 0 Å². The molecule has 2 rings (SSSR count). The predicted molar refractivity (Wildman–Crippen MR) is 68.6 cm³/mol. The molecule has 2 heterocycles. The zero-order valence-electron chi connectivity index (χ0n) is 10.6. The van der Waals surface area contributed by atoms with Crippen LogP contribution in [0.25, 0.3) is 11.3 Å². The molecule has 5 heteroatoms. The van der Waals surface area contributed by atoms with Crippen molar-refractivity contribution in [1.29, 1.82) is 0 Å². The van der Waals surface area contributed by atoms with Crippen LogP contribution in [0.1, 0.15) is 19.5 Å². The van der Waals surface area contributed by atoms with E-state index < -0.39 is 0 Å². The van der Waals surface area contributed by atoms with E-state index >= 15 is 0 Å². The van der Waals surface area contributed by atoms with Gasteiger partial charge in [-0.05, 0) is 32.9 Å². The first-order chi connectivity index (χ1) is 8.54. The molecule has 0 bridgehead atoms. The maximum Gasteiger partial charge on any atom is 0.345 e. The molecule has 0 amide bonds. The molecule has 5 nitrogen and oxygen atoms in total. The number of aryl methyl sites for hydroxylation is 1. The van der Waals surface area contributed by atoms with Crippen molar-refractivity contribution in [1.82, 2.24) is 15.0 Å². The largest absolute Gasteiger partial charge is 0.489 e. The van der Waals surface area contributed by atoms with Gasteiger partial charge in [-0.3, -0.25) is 4.98 Å². The molecule has 0 fully saturated rings. The number of H-pyrrole nitrogens is 1. The van der Waals surface area contributed by atoms with Crippen molar-refractivity contribution in [3.05, 3.63) is 40.7 Å². The molecule has 0 atom stereocenters. The van der Waals surface area contributed by atoms with Crippen molar-refractivity contribution in [2.45, 2.75) is 26.9 Å². The third kappa shape index (κ3) is 2.94. The van der Waals surface area contributed by atoms with Crippen molar-refractivity contribution >= 4 is 0 Å². The minimum atomic E-state index is -0.361. The van der Waals surface area contributed by atoms with E-state index in [1.165, 1.54) is 0 Å². The molecule has 0 unspecified atom stereocenters. The lowest BCUT2D eigenvalue weighted by Crippen LogP contribution is -2.12. The molecule has 0 spiro atoms. The Hall–Kier alpha value is -2.17. The summed E-state index contributed by atoms with van der Waals surface area (Å²) in [4.78, 5) is 22.0. The first-order valence-corrected chi connectivity index (χ1v) is 5.74. The fraction of sp³-hybridized carbons (Fsp3) is 0.308. The minimum absolute atomic E-state index is 0.0796. The second-order valence-electron chi connectivity index (χ2n) is 4.33. The van der Waals surface area contributed by atoms with Crippen molar-refractivity contribution in [3.8, 4) is 17.0 Å². The van der Waals surface area contributed by atoms with Crippen LogP contribution < -0.4 is 10.4 Å². The number of aromatic nitrogens is 3. The quantitative estimate of drug-likeness (QED) is 0.897. The normalized spacial score (nSPS) is 10.7. The molecule has 94 valence electrons. The summed E-state index contributed by atoms with van der Waals surface area (Å²) in [5, 5.41) is 0. The topological polar surface area (TPSA) is 67.9 Å². The molecule has 0 aliphatic carbocycles. The van der Waals surface area contributed by atoms with E-state index in [0.29, 0.717) is 11.4 Å².